The van der Waals surface area contributed by atoms with E-state index >= 15 is 0 Å². The van der Waals surface area contributed by atoms with E-state index < -0.39 is 34.9 Å². The van der Waals surface area contributed by atoms with E-state index in [-0.39, 0.29) is 29.8 Å². The Morgan fingerprint density at radius 3 is 1.65 bits per heavy atom. The Morgan fingerprint density at radius 1 is 0.611 bits per heavy atom. The highest BCUT2D eigenvalue weighted by Crippen LogP contribution is 2.19. The minimum Gasteiger partial charge on any atom is -0.481 e. The Morgan fingerprint density at radius 2 is 1.09 bits per heavy atom. The molecule has 3 N–H and O–H groups in total. The summed E-state index contributed by atoms with van der Waals surface area (Å²) in [5.74, 6) is -0.658. The van der Waals surface area contributed by atoms with E-state index in [0.29, 0.717) is 85.8 Å². The number of carboxylic acids is 1. The molecular formula is C39H77N3O12. The molecule has 0 heterocycles. The van der Waals surface area contributed by atoms with Crippen LogP contribution in [0.15, 0.2) is 0 Å². The molecule has 0 aliphatic rings. The predicted octanol–water partition coefficient (Wildman–Crippen LogP) is 5.38. The molecule has 1 atom stereocenters. The van der Waals surface area contributed by atoms with Crippen LogP contribution < -0.4 is 10.6 Å². The first kappa shape index (κ1) is 51.7. The van der Waals surface area contributed by atoms with Gasteiger partial charge in [0.05, 0.1) is 91.2 Å². The number of nitrogens with zero attached hydrogens (tertiary/aromatic N) is 1. The zero-order chi connectivity index (χ0) is 41.5. The molecule has 0 bridgehead atoms. The van der Waals surface area contributed by atoms with Gasteiger partial charge in [0.25, 0.3) is 0 Å². The van der Waals surface area contributed by atoms with Gasteiger partial charge in [-0.3, -0.25) is 4.79 Å². The number of amides is 2. The highest BCUT2D eigenvalue weighted by molar-refractivity contribution is 5.68. The number of nitrogens with one attached hydrogen (secondary N) is 2. The van der Waals surface area contributed by atoms with Crippen molar-refractivity contribution in [3.05, 3.63) is 0 Å². The van der Waals surface area contributed by atoms with E-state index in [1.165, 1.54) is 0 Å². The lowest BCUT2D eigenvalue weighted by atomic mass is 9.93. The summed E-state index contributed by atoms with van der Waals surface area (Å²) in [6, 6.07) is 0. The molecule has 1 unspecified atom stereocenters. The number of hydrogen-bond donors (Lipinski definition) is 3. The molecular weight excluding hydrogens is 702 g/mol. The minimum absolute atomic E-state index is 0.0300. The zero-order valence-electron chi connectivity index (χ0n) is 36.0. The molecule has 0 aromatic rings. The van der Waals surface area contributed by atoms with Crippen molar-refractivity contribution in [2.24, 2.45) is 16.7 Å². The molecule has 15 heteroatoms. The molecule has 0 aliphatic carbocycles. The van der Waals surface area contributed by atoms with Gasteiger partial charge in [0, 0.05) is 37.0 Å². The Bertz CT molecular complexity index is 1040. The van der Waals surface area contributed by atoms with Gasteiger partial charge in [0.15, 0.2) is 0 Å². The Hall–Kier alpha value is -2.27. The maximum Gasteiger partial charge on any atom is 0.408 e. The summed E-state index contributed by atoms with van der Waals surface area (Å²) in [4.78, 5) is 37.1. The summed E-state index contributed by atoms with van der Waals surface area (Å²) in [5, 5.41) is 14.4. The van der Waals surface area contributed by atoms with Crippen LogP contribution in [0.2, 0.25) is 0 Å². The van der Waals surface area contributed by atoms with Crippen molar-refractivity contribution in [3.63, 3.8) is 0 Å². The van der Waals surface area contributed by atoms with Crippen LogP contribution in [-0.2, 0) is 42.7 Å². The second kappa shape index (κ2) is 25.8. The van der Waals surface area contributed by atoms with Crippen molar-refractivity contribution in [2.75, 3.05) is 105 Å². The molecule has 2 amide bonds. The van der Waals surface area contributed by atoms with Crippen molar-refractivity contribution in [1.29, 1.82) is 0 Å². The van der Waals surface area contributed by atoms with Crippen molar-refractivity contribution in [1.82, 2.24) is 15.5 Å². The normalized spacial score (nSPS) is 13.5. The van der Waals surface area contributed by atoms with Gasteiger partial charge in [0.1, 0.15) is 11.2 Å². The second-order valence-corrected chi connectivity index (χ2v) is 18.1. The summed E-state index contributed by atoms with van der Waals surface area (Å²) >= 11 is 0. The minimum atomic E-state index is -0.888. The Balaban J connectivity index is 4.75. The quantitative estimate of drug-likeness (QED) is 0.0795. The third kappa shape index (κ3) is 33.1. The second-order valence-electron chi connectivity index (χ2n) is 18.1. The molecule has 0 rings (SSSR count). The van der Waals surface area contributed by atoms with Gasteiger partial charge >= 0.3 is 18.2 Å². The van der Waals surface area contributed by atoms with Crippen LogP contribution in [0.25, 0.3) is 0 Å². The monoisotopic (exact) mass is 780 g/mol. The molecule has 0 aromatic carbocycles. The molecule has 0 fully saturated rings. The maximum absolute atomic E-state index is 12.1. The molecule has 0 spiro atoms. The number of alkyl carbamates (subject to hydrolysis) is 2. The lowest BCUT2D eigenvalue weighted by Gasteiger charge is -2.34. The first-order chi connectivity index (χ1) is 24.8. The van der Waals surface area contributed by atoms with E-state index in [0.717, 1.165) is 13.1 Å². The van der Waals surface area contributed by atoms with Crippen LogP contribution >= 0.6 is 0 Å². The SMILES string of the molecule is CC(COCCOCC(C)(C)NC(=O)OC(C)(C)C)CN(CCOCCOCCC(=O)O)CC(C)(C)COCCOCC(C)(C)CNC(=O)OC(C)(C)C. The first-order valence-corrected chi connectivity index (χ1v) is 19.2. The number of rotatable bonds is 30. The fourth-order valence-electron chi connectivity index (χ4n) is 4.89. The molecule has 0 saturated heterocycles. The van der Waals surface area contributed by atoms with Gasteiger partial charge in [0.2, 0.25) is 0 Å². The molecule has 15 nitrogen and oxygen atoms in total. The summed E-state index contributed by atoms with van der Waals surface area (Å²) in [6.45, 7) is 32.9. The number of carbonyl (C=O) groups excluding carboxylic acids is 2. The lowest BCUT2D eigenvalue weighted by Crippen LogP contribution is -2.48. The van der Waals surface area contributed by atoms with Gasteiger partial charge < -0.3 is 58.5 Å². The summed E-state index contributed by atoms with van der Waals surface area (Å²) in [7, 11) is 0. The Labute approximate surface area is 326 Å². The fourth-order valence-corrected chi connectivity index (χ4v) is 4.89. The zero-order valence-corrected chi connectivity index (χ0v) is 36.0. The standard InChI is InChI=1S/C39H77N3O12/c1-31(25-49-20-21-52-30-39(12,13)41-34(46)54-36(5,6)7)24-42(15-17-48-19-18-47-16-14-32(43)44)27-38(10,11)29-51-23-22-50-28-37(8,9)26-40-33(45)53-35(2,3)4/h31H,14-30H2,1-13H3,(H,40,45)(H,41,46)(H,43,44). The van der Waals surface area contributed by atoms with Gasteiger partial charge in [-0.25, -0.2) is 9.59 Å². The van der Waals surface area contributed by atoms with Crippen molar-refractivity contribution >= 4 is 18.2 Å². The van der Waals surface area contributed by atoms with E-state index in [1.807, 2.05) is 69.2 Å². The van der Waals surface area contributed by atoms with Crippen LogP contribution in [-0.4, -0.2) is 150 Å². The predicted molar refractivity (Wildman–Crippen MR) is 208 cm³/mol. The smallest absolute Gasteiger partial charge is 0.408 e. The van der Waals surface area contributed by atoms with E-state index in [1.54, 1.807) is 0 Å². The number of carboxylic acid groups (broad SMARTS) is 1. The molecule has 0 aliphatic heterocycles. The summed E-state index contributed by atoms with van der Waals surface area (Å²) in [5.41, 5.74) is -2.14. The van der Waals surface area contributed by atoms with Crippen molar-refractivity contribution in [3.8, 4) is 0 Å². The topological polar surface area (TPSA) is 173 Å². The molecule has 54 heavy (non-hydrogen) atoms. The molecule has 0 saturated carbocycles. The van der Waals surface area contributed by atoms with E-state index in [2.05, 4.69) is 36.3 Å². The van der Waals surface area contributed by atoms with Crippen LogP contribution in [0, 0.1) is 16.7 Å². The largest absolute Gasteiger partial charge is 0.481 e. The number of ether oxygens (including phenoxy) is 8. The van der Waals surface area contributed by atoms with Crippen LogP contribution in [0.1, 0.15) is 96.4 Å². The maximum atomic E-state index is 12.1. The van der Waals surface area contributed by atoms with E-state index in [9.17, 15) is 14.4 Å². The number of aliphatic carboxylic acids is 1. The molecule has 320 valence electrons. The Kier molecular flexibility index (Phi) is 24.7. The van der Waals surface area contributed by atoms with Crippen LogP contribution in [0.5, 0.6) is 0 Å². The lowest BCUT2D eigenvalue weighted by molar-refractivity contribution is -0.138. The molecule has 0 radical (unpaired) electrons. The molecule has 0 aromatic heterocycles. The first-order valence-electron chi connectivity index (χ1n) is 19.2. The van der Waals surface area contributed by atoms with Crippen LogP contribution in [0.4, 0.5) is 9.59 Å². The number of carbonyl (C=O) groups is 3. The summed E-state index contributed by atoms with van der Waals surface area (Å²) in [6.07, 6.45) is -0.952. The third-order valence-electron chi connectivity index (χ3n) is 7.15. The highest BCUT2D eigenvalue weighted by atomic mass is 16.6. The van der Waals surface area contributed by atoms with E-state index in [4.69, 9.17) is 43.0 Å². The van der Waals surface area contributed by atoms with Gasteiger partial charge in [-0.05, 0) is 61.3 Å². The van der Waals surface area contributed by atoms with Crippen LogP contribution in [0.3, 0.4) is 0 Å². The van der Waals surface area contributed by atoms with Crippen molar-refractivity contribution in [2.45, 2.75) is 113 Å². The van der Waals surface area contributed by atoms with Gasteiger partial charge in [-0.2, -0.15) is 0 Å². The highest BCUT2D eigenvalue weighted by Gasteiger charge is 2.26. The average Bonchev–Trinajstić information content (AvgIpc) is 2.98. The third-order valence-corrected chi connectivity index (χ3v) is 7.15. The average molecular weight is 780 g/mol. The number of hydrogen-bond acceptors (Lipinski definition) is 12. The van der Waals surface area contributed by atoms with Gasteiger partial charge in [-0.15, -0.1) is 0 Å². The van der Waals surface area contributed by atoms with Crippen molar-refractivity contribution < 1.29 is 57.4 Å². The van der Waals surface area contributed by atoms with Gasteiger partial charge in [-0.1, -0.05) is 34.6 Å². The summed E-state index contributed by atoms with van der Waals surface area (Å²) < 4.78 is 45.4. The fraction of sp³-hybridized carbons (Fsp3) is 0.923.